The highest BCUT2D eigenvalue weighted by Crippen LogP contribution is 2.20. The molecule has 1 fully saturated rings. The monoisotopic (exact) mass is 340 g/mol. The molecular weight excluding hydrogens is 319 g/mol. The molecule has 0 saturated carbocycles. The highest BCUT2D eigenvalue weighted by atomic mass is 19.1. The summed E-state index contributed by atoms with van der Waals surface area (Å²) < 4.78 is 13.8. The largest absolute Gasteiger partial charge is 0.368 e. The number of hydrogen-bond acceptors (Lipinski definition) is 6. The first-order valence-corrected chi connectivity index (χ1v) is 8.45. The van der Waals surface area contributed by atoms with Crippen LogP contribution >= 0.6 is 0 Å². The lowest BCUT2D eigenvalue weighted by Gasteiger charge is -2.36. The summed E-state index contributed by atoms with van der Waals surface area (Å²) in [5, 5.41) is 12.1. The number of nitriles is 1. The molecule has 0 spiro atoms. The normalized spacial score (nSPS) is 15.0. The molecule has 0 aliphatic carbocycles. The topological polar surface area (TPSA) is 68.1 Å². The second kappa shape index (κ2) is 8.40. The molecule has 1 aromatic carbocycles. The molecule has 1 saturated heterocycles. The van der Waals surface area contributed by atoms with E-state index in [4.69, 9.17) is 5.26 Å². The van der Waals surface area contributed by atoms with E-state index in [2.05, 4.69) is 25.1 Å². The van der Waals surface area contributed by atoms with Crippen molar-refractivity contribution >= 4 is 11.5 Å². The number of nitrogens with zero attached hydrogens (tertiary/aromatic N) is 5. The minimum atomic E-state index is -0.155. The summed E-state index contributed by atoms with van der Waals surface area (Å²) in [7, 11) is 0. The van der Waals surface area contributed by atoms with E-state index in [1.54, 1.807) is 12.3 Å². The van der Waals surface area contributed by atoms with E-state index in [-0.39, 0.29) is 5.82 Å². The van der Waals surface area contributed by atoms with E-state index >= 15 is 0 Å². The van der Waals surface area contributed by atoms with Gasteiger partial charge in [-0.3, -0.25) is 4.90 Å². The number of para-hydroxylation sites is 1. The summed E-state index contributed by atoms with van der Waals surface area (Å²) >= 11 is 0. The summed E-state index contributed by atoms with van der Waals surface area (Å²) in [6.07, 6.45) is 4.03. The average Bonchev–Trinajstić information content (AvgIpc) is 2.66. The van der Waals surface area contributed by atoms with E-state index in [1.165, 1.54) is 12.3 Å². The first-order chi connectivity index (χ1) is 12.3. The summed E-state index contributed by atoms with van der Waals surface area (Å²) in [5.74, 6) is 0.381. The molecule has 3 rings (SSSR count). The van der Waals surface area contributed by atoms with Gasteiger partial charge in [0.05, 0.1) is 5.69 Å². The number of hydrogen-bond donors (Lipinski definition) is 1. The minimum Gasteiger partial charge on any atom is -0.368 e. The molecule has 0 amide bonds. The Balaban J connectivity index is 1.40. The zero-order valence-corrected chi connectivity index (χ0v) is 14.0. The molecule has 2 heterocycles. The Labute approximate surface area is 146 Å². The van der Waals surface area contributed by atoms with Crippen LogP contribution in [-0.2, 0) is 0 Å². The van der Waals surface area contributed by atoms with Gasteiger partial charge in [-0.2, -0.15) is 5.26 Å². The van der Waals surface area contributed by atoms with E-state index in [0.29, 0.717) is 17.2 Å². The molecule has 6 nitrogen and oxygen atoms in total. The zero-order valence-electron chi connectivity index (χ0n) is 14.0. The van der Waals surface area contributed by atoms with Gasteiger partial charge in [-0.05, 0) is 25.1 Å². The van der Waals surface area contributed by atoms with Gasteiger partial charge in [0.2, 0.25) is 0 Å². The van der Waals surface area contributed by atoms with Crippen molar-refractivity contribution in [2.24, 2.45) is 0 Å². The van der Waals surface area contributed by atoms with E-state index in [1.807, 2.05) is 18.2 Å². The van der Waals surface area contributed by atoms with E-state index in [9.17, 15) is 4.39 Å². The second-order valence-corrected chi connectivity index (χ2v) is 5.93. The Bertz CT molecular complexity index is 736. The fourth-order valence-electron chi connectivity index (χ4n) is 2.98. The molecule has 0 unspecified atom stereocenters. The maximum atomic E-state index is 13.8. The van der Waals surface area contributed by atoms with Crippen LogP contribution in [0, 0.1) is 17.1 Å². The Morgan fingerprint density at radius 3 is 2.64 bits per heavy atom. The van der Waals surface area contributed by atoms with Crippen molar-refractivity contribution in [3.05, 3.63) is 48.2 Å². The summed E-state index contributed by atoms with van der Waals surface area (Å²) in [6, 6.07) is 8.97. The molecule has 2 aromatic rings. The van der Waals surface area contributed by atoms with Gasteiger partial charge < -0.3 is 10.2 Å². The van der Waals surface area contributed by atoms with Crippen LogP contribution in [0.15, 0.2) is 36.7 Å². The third-order valence-corrected chi connectivity index (χ3v) is 4.31. The van der Waals surface area contributed by atoms with Crippen LogP contribution in [0.2, 0.25) is 0 Å². The number of nitrogens with one attached hydrogen (secondary N) is 1. The smallest absolute Gasteiger partial charge is 0.182 e. The van der Waals surface area contributed by atoms with Crippen molar-refractivity contribution in [1.82, 2.24) is 14.9 Å². The first kappa shape index (κ1) is 17.1. The van der Waals surface area contributed by atoms with Crippen LogP contribution in [0.4, 0.5) is 15.9 Å². The van der Waals surface area contributed by atoms with Gasteiger partial charge in [-0.25, -0.2) is 14.4 Å². The summed E-state index contributed by atoms with van der Waals surface area (Å²) in [6.45, 7) is 5.20. The molecule has 0 radical (unpaired) electrons. The number of rotatable bonds is 6. The fraction of sp³-hybridized carbons (Fsp3) is 0.389. The third kappa shape index (κ3) is 4.43. The Kier molecular flexibility index (Phi) is 5.75. The zero-order chi connectivity index (χ0) is 17.5. The molecule has 1 N–H and O–H groups in total. The maximum Gasteiger partial charge on any atom is 0.182 e. The molecule has 25 heavy (non-hydrogen) atoms. The van der Waals surface area contributed by atoms with Crippen molar-refractivity contribution in [1.29, 1.82) is 5.26 Å². The Morgan fingerprint density at radius 2 is 1.88 bits per heavy atom. The van der Waals surface area contributed by atoms with Gasteiger partial charge >= 0.3 is 0 Å². The summed E-state index contributed by atoms with van der Waals surface area (Å²) in [5.41, 5.74) is 1.01. The van der Waals surface area contributed by atoms with E-state index in [0.717, 1.165) is 45.7 Å². The standard InChI is InChI=1S/C18H21FN6/c19-15-4-1-2-5-17(15)25-12-10-24(11-13-25)9-3-6-22-18-16(14-20)21-7-8-23-18/h1-2,4-5,7-8H,3,6,9-13H2,(H,22,23). The van der Waals surface area contributed by atoms with Crippen molar-refractivity contribution < 1.29 is 4.39 Å². The lowest BCUT2D eigenvalue weighted by molar-refractivity contribution is 0.256. The van der Waals surface area contributed by atoms with Gasteiger partial charge in [-0.1, -0.05) is 12.1 Å². The molecule has 1 aromatic heterocycles. The van der Waals surface area contributed by atoms with Crippen molar-refractivity contribution in [2.45, 2.75) is 6.42 Å². The van der Waals surface area contributed by atoms with Gasteiger partial charge in [0.1, 0.15) is 11.9 Å². The van der Waals surface area contributed by atoms with E-state index < -0.39 is 0 Å². The van der Waals surface area contributed by atoms with Crippen LogP contribution in [-0.4, -0.2) is 54.1 Å². The van der Waals surface area contributed by atoms with Crippen LogP contribution < -0.4 is 10.2 Å². The quantitative estimate of drug-likeness (QED) is 0.813. The molecule has 7 heteroatoms. The molecule has 0 atom stereocenters. The second-order valence-electron chi connectivity index (χ2n) is 5.93. The van der Waals surface area contributed by atoms with Gasteiger partial charge in [-0.15, -0.1) is 0 Å². The van der Waals surface area contributed by atoms with Crippen LogP contribution in [0.25, 0.3) is 0 Å². The van der Waals surface area contributed by atoms with Gasteiger partial charge in [0.25, 0.3) is 0 Å². The first-order valence-electron chi connectivity index (χ1n) is 8.45. The van der Waals surface area contributed by atoms with Crippen LogP contribution in [0.3, 0.4) is 0 Å². The van der Waals surface area contributed by atoms with Crippen LogP contribution in [0.1, 0.15) is 12.1 Å². The molecular formula is C18H21FN6. The molecule has 1 aliphatic heterocycles. The Morgan fingerprint density at radius 1 is 1.12 bits per heavy atom. The predicted octanol–water partition coefficient (Wildman–Crippen LogP) is 2.11. The minimum absolute atomic E-state index is 0.155. The van der Waals surface area contributed by atoms with Crippen molar-refractivity contribution in [3.8, 4) is 6.07 Å². The average molecular weight is 340 g/mol. The third-order valence-electron chi connectivity index (χ3n) is 4.31. The maximum absolute atomic E-state index is 13.8. The number of halogens is 1. The predicted molar refractivity (Wildman–Crippen MR) is 94.9 cm³/mol. The number of anilines is 2. The lowest BCUT2D eigenvalue weighted by Crippen LogP contribution is -2.47. The summed E-state index contributed by atoms with van der Waals surface area (Å²) in [4.78, 5) is 12.6. The number of aromatic nitrogens is 2. The fourth-order valence-corrected chi connectivity index (χ4v) is 2.98. The van der Waals surface area contributed by atoms with Crippen LogP contribution in [0.5, 0.6) is 0 Å². The SMILES string of the molecule is N#Cc1nccnc1NCCCN1CCN(c2ccccc2F)CC1. The number of benzene rings is 1. The van der Waals surface area contributed by atoms with Gasteiger partial charge in [0.15, 0.2) is 11.5 Å². The highest BCUT2D eigenvalue weighted by molar-refractivity contribution is 5.48. The van der Waals surface area contributed by atoms with Crippen molar-refractivity contribution in [2.75, 3.05) is 49.5 Å². The molecule has 1 aliphatic rings. The number of piperazine rings is 1. The highest BCUT2D eigenvalue weighted by Gasteiger charge is 2.18. The van der Waals surface area contributed by atoms with Gasteiger partial charge in [0, 0.05) is 45.1 Å². The molecule has 130 valence electrons. The Hall–Kier alpha value is -2.72. The van der Waals surface area contributed by atoms with Crippen molar-refractivity contribution in [3.63, 3.8) is 0 Å². The molecule has 0 bridgehead atoms. The lowest BCUT2D eigenvalue weighted by atomic mass is 10.2.